The van der Waals surface area contributed by atoms with Gasteiger partial charge in [-0.2, -0.15) is 5.10 Å². The average Bonchev–Trinajstić information content (AvgIpc) is 2.67. The summed E-state index contributed by atoms with van der Waals surface area (Å²) < 4.78 is 23.7. The van der Waals surface area contributed by atoms with Crippen LogP contribution in [0.25, 0.3) is 5.65 Å². The Morgan fingerprint density at radius 1 is 1.45 bits per heavy atom. The van der Waals surface area contributed by atoms with E-state index in [1.165, 1.54) is 10.7 Å². The molecule has 0 bridgehead atoms. The molecule has 0 aliphatic carbocycles. The Balaban J connectivity index is 2.30. The largest absolute Gasteiger partial charge is 0.368 e. The lowest BCUT2D eigenvalue weighted by Gasteiger charge is -2.23. The van der Waals surface area contributed by atoms with Crippen molar-refractivity contribution in [3.63, 3.8) is 0 Å². The third-order valence-corrected chi connectivity index (χ3v) is 5.42. The second kappa shape index (κ2) is 4.58. The Bertz CT molecular complexity index is 803. The van der Waals surface area contributed by atoms with E-state index in [2.05, 4.69) is 20.5 Å². The Morgan fingerprint density at radius 2 is 2.10 bits per heavy atom. The molecule has 0 aliphatic heterocycles. The molecular weight excluding hydrogens is 282 g/mol. The molecule has 2 aromatic heterocycles. The highest BCUT2D eigenvalue weighted by atomic mass is 32.2. The van der Waals surface area contributed by atoms with E-state index in [4.69, 9.17) is 0 Å². The first-order valence-electron chi connectivity index (χ1n) is 6.00. The first kappa shape index (κ1) is 14.5. The van der Waals surface area contributed by atoms with Crippen molar-refractivity contribution < 1.29 is 8.42 Å². The molecule has 0 saturated carbocycles. The van der Waals surface area contributed by atoms with Crippen LogP contribution >= 0.6 is 0 Å². The van der Waals surface area contributed by atoms with Gasteiger partial charge in [0.1, 0.15) is 11.6 Å². The van der Waals surface area contributed by atoms with Gasteiger partial charge in [-0.15, -0.1) is 0 Å². The van der Waals surface area contributed by atoms with Gasteiger partial charge in [0.25, 0.3) is 0 Å². The number of hydrogen-bond donors (Lipinski definition) is 2. The molecule has 110 valence electrons. The maximum absolute atomic E-state index is 11.6. The molecule has 0 fully saturated rings. The molecule has 8 nitrogen and oxygen atoms in total. The number of nitrogens with zero attached hydrogens (tertiary/aromatic N) is 3. The lowest BCUT2D eigenvalue weighted by molar-refractivity contribution is 0.559. The fourth-order valence-electron chi connectivity index (χ4n) is 1.62. The van der Waals surface area contributed by atoms with Crippen LogP contribution in [0.3, 0.4) is 0 Å². The molecule has 0 unspecified atom stereocenters. The molecule has 0 spiro atoms. The fraction of sp³-hybridized carbons (Fsp3) is 0.545. The van der Waals surface area contributed by atoms with Crippen LogP contribution in [0.4, 0.5) is 5.82 Å². The lowest BCUT2D eigenvalue weighted by Crippen LogP contribution is -2.38. The third kappa shape index (κ3) is 2.53. The van der Waals surface area contributed by atoms with Crippen molar-refractivity contribution in [2.45, 2.75) is 25.5 Å². The number of anilines is 1. The van der Waals surface area contributed by atoms with Crippen molar-refractivity contribution in [1.29, 1.82) is 0 Å². The van der Waals surface area contributed by atoms with Crippen LogP contribution in [0.15, 0.2) is 10.9 Å². The zero-order valence-electron chi connectivity index (χ0n) is 11.8. The normalized spacial score (nSPS) is 12.8. The van der Waals surface area contributed by atoms with Crippen LogP contribution in [0.2, 0.25) is 0 Å². The molecule has 0 aliphatic rings. The minimum absolute atomic E-state index is 0.211. The second-order valence-corrected chi connectivity index (χ2v) is 7.95. The van der Waals surface area contributed by atoms with Crippen LogP contribution in [-0.4, -0.2) is 45.5 Å². The van der Waals surface area contributed by atoms with E-state index in [0.29, 0.717) is 17.3 Å². The molecule has 20 heavy (non-hydrogen) atoms. The summed E-state index contributed by atoms with van der Waals surface area (Å²) in [6.45, 7) is 5.17. The Morgan fingerprint density at radius 3 is 2.70 bits per heavy atom. The Hall–Kier alpha value is -1.90. The first-order valence-corrected chi connectivity index (χ1v) is 7.89. The van der Waals surface area contributed by atoms with Gasteiger partial charge in [0.05, 0.1) is 4.75 Å². The monoisotopic (exact) mass is 299 g/mol. The van der Waals surface area contributed by atoms with Gasteiger partial charge in [0.2, 0.25) is 0 Å². The third-order valence-electron chi connectivity index (χ3n) is 3.27. The zero-order chi connectivity index (χ0) is 15.1. The maximum atomic E-state index is 11.6. The highest BCUT2D eigenvalue weighted by Crippen LogP contribution is 2.16. The molecule has 0 aromatic carbocycles. The van der Waals surface area contributed by atoms with Gasteiger partial charge < -0.3 is 5.32 Å². The topological polar surface area (TPSA) is 109 Å². The number of aromatic amines is 1. The van der Waals surface area contributed by atoms with Crippen molar-refractivity contribution in [3.05, 3.63) is 22.4 Å². The zero-order valence-corrected chi connectivity index (χ0v) is 12.6. The van der Waals surface area contributed by atoms with Crippen molar-refractivity contribution in [1.82, 2.24) is 19.6 Å². The number of sulfone groups is 1. The minimum atomic E-state index is -3.19. The number of aromatic nitrogens is 4. The molecule has 0 saturated heterocycles. The van der Waals surface area contributed by atoms with Crippen LogP contribution in [0.5, 0.6) is 0 Å². The van der Waals surface area contributed by atoms with Crippen molar-refractivity contribution in [2.75, 3.05) is 18.1 Å². The van der Waals surface area contributed by atoms with E-state index < -0.39 is 14.6 Å². The Kier molecular flexibility index (Phi) is 3.32. The van der Waals surface area contributed by atoms with Gasteiger partial charge in [-0.1, -0.05) is 0 Å². The van der Waals surface area contributed by atoms with E-state index in [-0.39, 0.29) is 12.2 Å². The summed E-state index contributed by atoms with van der Waals surface area (Å²) in [7, 11) is -3.19. The van der Waals surface area contributed by atoms with E-state index in [1.807, 2.05) is 0 Å². The van der Waals surface area contributed by atoms with Crippen LogP contribution in [0, 0.1) is 6.92 Å². The molecule has 0 amide bonds. The standard InChI is InChI=1S/C11H17N5O3S/c1-7-13-8(5-9-14-15-10(17)16(7)9)12-6-11(2,3)20(4,18)19/h5,12H,6H2,1-4H3,(H,15,17). The van der Waals surface area contributed by atoms with Gasteiger partial charge >= 0.3 is 5.69 Å². The molecule has 2 rings (SSSR count). The van der Waals surface area contributed by atoms with E-state index >= 15 is 0 Å². The van der Waals surface area contributed by atoms with Crippen molar-refractivity contribution in [2.24, 2.45) is 0 Å². The summed E-state index contributed by atoms with van der Waals surface area (Å²) in [4.78, 5) is 15.7. The van der Waals surface area contributed by atoms with E-state index in [1.54, 1.807) is 26.8 Å². The maximum Gasteiger partial charge on any atom is 0.349 e. The van der Waals surface area contributed by atoms with Gasteiger partial charge in [-0.25, -0.2) is 27.7 Å². The second-order valence-electron chi connectivity index (χ2n) is 5.30. The molecule has 2 N–H and O–H groups in total. The molecule has 9 heteroatoms. The van der Waals surface area contributed by atoms with Crippen molar-refractivity contribution >= 4 is 21.3 Å². The van der Waals surface area contributed by atoms with Gasteiger partial charge in [0, 0.05) is 18.9 Å². The number of H-pyrrole nitrogens is 1. The quantitative estimate of drug-likeness (QED) is 0.820. The number of nitrogens with one attached hydrogen (secondary N) is 2. The molecular formula is C11H17N5O3S. The number of hydrogen-bond acceptors (Lipinski definition) is 6. The predicted octanol–water partition coefficient (Wildman–Crippen LogP) is -0.0389. The number of aryl methyl sites for hydroxylation is 1. The SMILES string of the molecule is Cc1nc(NCC(C)(C)S(C)(=O)=O)cc2n[nH]c(=O)n12. The first-order chi connectivity index (χ1) is 9.12. The van der Waals surface area contributed by atoms with Crippen LogP contribution in [0.1, 0.15) is 19.7 Å². The van der Waals surface area contributed by atoms with Gasteiger partial charge in [0.15, 0.2) is 15.5 Å². The minimum Gasteiger partial charge on any atom is -0.368 e. The summed E-state index contributed by atoms with van der Waals surface area (Å²) in [6.07, 6.45) is 1.20. The molecule has 0 radical (unpaired) electrons. The van der Waals surface area contributed by atoms with Crippen molar-refractivity contribution in [3.8, 4) is 0 Å². The van der Waals surface area contributed by atoms with E-state index in [0.717, 1.165) is 0 Å². The van der Waals surface area contributed by atoms with Gasteiger partial charge in [-0.05, 0) is 20.8 Å². The lowest BCUT2D eigenvalue weighted by atomic mass is 10.2. The highest BCUT2D eigenvalue weighted by molar-refractivity contribution is 7.92. The van der Waals surface area contributed by atoms with E-state index in [9.17, 15) is 13.2 Å². The highest BCUT2D eigenvalue weighted by Gasteiger charge is 2.30. The summed E-state index contributed by atoms with van der Waals surface area (Å²) >= 11 is 0. The molecule has 2 heterocycles. The summed E-state index contributed by atoms with van der Waals surface area (Å²) in [5, 5.41) is 9.17. The Labute approximate surface area is 116 Å². The van der Waals surface area contributed by atoms with Gasteiger partial charge in [-0.3, -0.25) is 0 Å². The molecule has 2 aromatic rings. The fourth-order valence-corrected chi connectivity index (χ4v) is 1.96. The average molecular weight is 299 g/mol. The number of rotatable bonds is 4. The predicted molar refractivity (Wildman–Crippen MR) is 75.8 cm³/mol. The van der Waals surface area contributed by atoms with Crippen LogP contribution in [-0.2, 0) is 9.84 Å². The number of fused-ring (bicyclic) bond motifs is 1. The smallest absolute Gasteiger partial charge is 0.349 e. The summed E-state index contributed by atoms with van der Waals surface area (Å²) in [5.74, 6) is 0.951. The molecule has 0 atom stereocenters. The van der Waals surface area contributed by atoms with Crippen LogP contribution < -0.4 is 11.0 Å². The summed E-state index contributed by atoms with van der Waals surface area (Å²) in [6, 6.07) is 1.59. The summed E-state index contributed by atoms with van der Waals surface area (Å²) in [5.41, 5.74) is 0.0789.